The molecule has 1 fully saturated rings. The minimum atomic E-state index is -3.42. The van der Waals surface area contributed by atoms with E-state index in [1.54, 1.807) is 36.3 Å². The van der Waals surface area contributed by atoms with E-state index in [1.807, 2.05) is 31.2 Å². The van der Waals surface area contributed by atoms with Crippen LogP contribution in [0.1, 0.15) is 18.4 Å². The summed E-state index contributed by atoms with van der Waals surface area (Å²) in [6.45, 7) is 2.74. The van der Waals surface area contributed by atoms with E-state index < -0.39 is 15.1 Å². The summed E-state index contributed by atoms with van der Waals surface area (Å²) in [6.07, 6.45) is 0.842. The Morgan fingerprint density at radius 1 is 1.07 bits per heavy atom. The van der Waals surface area contributed by atoms with Gasteiger partial charge in [0.15, 0.2) is 16.4 Å². The molecule has 0 N–H and O–H groups in total. The van der Waals surface area contributed by atoms with E-state index in [0.29, 0.717) is 42.3 Å². The molecule has 0 unspecified atom stereocenters. The number of ether oxygens (including phenoxy) is 2. The summed E-state index contributed by atoms with van der Waals surface area (Å²) in [7, 11) is -1.88. The maximum absolute atomic E-state index is 12.8. The third-order valence-electron chi connectivity index (χ3n) is 4.97. The molecule has 0 atom stereocenters. The van der Waals surface area contributed by atoms with E-state index in [-0.39, 0.29) is 12.5 Å². The molecular formula is C21H25NO5S. The van der Waals surface area contributed by atoms with Gasteiger partial charge in [0.25, 0.3) is 5.91 Å². The number of piperidine rings is 1. The molecule has 0 saturated carbocycles. The fourth-order valence-electron chi connectivity index (χ4n) is 3.31. The van der Waals surface area contributed by atoms with Crippen molar-refractivity contribution in [1.29, 1.82) is 0 Å². The zero-order valence-corrected chi connectivity index (χ0v) is 16.9. The van der Waals surface area contributed by atoms with Crippen LogP contribution in [0.2, 0.25) is 0 Å². The third kappa shape index (κ3) is 4.65. The molecule has 0 bridgehead atoms. The molecule has 28 heavy (non-hydrogen) atoms. The summed E-state index contributed by atoms with van der Waals surface area (Å²) in [5, 5.41) is -0.484. The van der Waals surface area contributed by atoms with Gasteiger partial charge in [0.2, 0.25) is 0 Å². The standard InChI is InChI=1S/C21H25NO5S/c1-16-4-3-5-18(14-16)27-15-21(23)22-12-10-20(11-13-22)28(24,25)19-8-6-17(26-2)7-9-19/h3-9,14,20H,10-13,15H2,1-2H3. The number of sulfone groups is 1. The van der Waals surface area contributed by atoms with E-state index in [1.165, 1.54) is 0 Å². The van der Waals surface area contributed by atoms with E-state index in [0.717, 1.165) is 5.56 Å². The van der Waals surface area contributed by atoms with Crippen molar-refractivity contribution in [1.82, 2.24) is 4.90 Å². The molecular weight excluding hydrogens is 378 g/mol. The van der Waals surface area contributed by atoms with Gasteiger partial charge in [-0.05, 0) is 61.7 Å². The lowest BCUT2D eigenvalue weighted by atomic mass is 10.1. The molecule has 1 amide bonds. The lowest BCUT2D eigenvalue weighted by Gasteiger charge is -2.31. The van der Waals surface area contributed by atoms with Crippen LogP contribution in [-0.2, 0) is 14.6 Å². The van der Waals surface area contributed by atoms with E-state index >= 15 is 0 Å². The van der Waals surface area contributed by atoms with Gasteiger partial charge in [-0.2, -0.15) is 0 Å². The number of hydrogen-bond donors (Lipinski definition) is 0. The molecule has 1 saturated heterocycles. The summed E-state index contributed by atoms with van der Waals surface area (Å²) in [5.74, 6) is 1.15. The van der Waals surface area contributed by atoms with Gasteiger partial charge < -0.3 is 14.4 Å². The Morgan fingerprint density at radius 2 is 1.75 bits per heavy atom. The van der Waals surface area contributed by atoms with Crippen LogP contribution in [0, 0.1) is 6.92 Å². The van der Waals surface area contributed by atoms with Crippen molar-refractivity contribution in [3.63, 3.8) is 0 Å². The van der Waals surface area contributed by atoms with E-state index in [2.05, 4.69) is 0 Å². The topological polar surface area (TPSA) is 72.9 Å². The predicted octanol–water partition coefficient (Wildman–Crippen LogP) is 2.85. The van der Waals surface area contributed by atoms with Crippen molar-refractivity contribution in [3.8, 4) is 11.5 Å². The molecule has 0 spiro atoms. The van der Waals surface area contributed by atoms with Crippen molar-refractivity contribution in [2.75, 3.05) is 26.8 Å². The fourth-order valence-corrected chi connectivity index (χ4v) is 5.05. The van der Waals surface area contributed by atoms with Gasteiger partial charge in [-0.3, -0.25) is 4.79 Å². The fraction of sp³-hybridized carbons (Fsp3) is 0.381. The van der Waals surface area contributed by atoms with Gasteiger partial charge in [-0.25, -0.2) is 8.42 Å². The lowest BCUT2D eigenvalue weighted by molar-refractivity contribution is -0.134. The number of carbonyl (C=O) groups is 1. The first-order valence-corrected chi connectivity index (χ1v) is 10.8. The Kier molecular flexibility index (Phi) is 6.24. The smallest absolute Gasteiger partial charge is 0.260 e. The minimum absolute atomic E-state index is 0.0423. The van der Waals surface area contributed by atoms with Crippen molar-refractivity contribution in [3.05, 3.63) is 54.1 Å². The number of carbonyl (C=O) groups excluding carboxylic acids is 1. The highest BCUT2D eigenvalue weighted by atomic mass is 32.2. The van der Waals surface area contributed by atoms with Crippen molar-refractivity contribution < 1.29 is 22.7 Å². The Balaban J connectivity index is 1.55. The zero-order valence-electron chi connectivity index (χ0n) is 16.1. The molecule has 2 aromatic rings. The molecule has 2 aromatic carbocycles. The van der Waals surface area contributed by atoms with Crippen LogP contribution in [0.15, 0.2) is 53.4 Å². The number of hydrogen-bond acceptors (Lipinski definition) is 5. The number of rotatable bonds is 6. The first kappa shape index (κ1) is 20.2. The number of aryl methyl sites for hydroxylation is 1. The van der Waals surface area contributed by atoms with Crippen LogP contribution in [-0.4, -0.2) is 51.3 Å². The number of amides is 1. The predicted molar refractivity (Wildman–Crippen MR) is 106 cm³/mol. The molecule has 150 valence electrons. The molecule has 1 heterocycles. The second kappa shape index (κ2) is 8.65. The summed E-state index contributed by atoms with van der Waals surface area (Å²) in [5.41, 5.74) is 1.06. The number of benzene rings is 2. The molecule has 0 radical (unpaired) electrons. The zero-order chi connectivity index (χ0) is 20.1. The average molecular weight is 404 g/mol. The van der Waals surface area contributed by atoms with Gasteiger partial charge in [0.1, 0.15) is 11.5 Å². The monoisotopic (exact) mass is 403 g/mol. The molecule has 0 aromatic heterocycles. The van der Waals surface area contributed by atoms with Gasteiger partial charge in [0.05, 0.1) is 17.3 Å². The summed E-state index contributed by atoms with van der Waals surface area (Å²) < 4.78 is 36.3. The highest BCUT2D eigenvalue weighted by molar-refractivity contribution is 7.92. The molecule has 1 aliphatic heterocycles. The van der Waals surface area contributed by atoms with E-state index in [4.69, 9.17) is 9.47 Å². The van der Waals surface area contributed by atoms with E-state index in [9.17, 15) is 13.2 Å². The maximum Gasteiger partial charge on any atom is 0.260 e. The molecule has 6 nitrogen and oxygen atoms in total. The van der Waals surface area contributed by atoms with Crippen molar-refractivity contribution in [2.45, 2.75) is 29.9 Å². The van der Waals surface area contributed by atoms with Crippen molar-refractivity contribution in [2.24, 2.45) is 0 Å². The highest BCUT2D eigenvalue weighted by Gasteiger charge is 2.32. The van der Waals surface area contributed by atoms with Crippen LogP contribution >= 0.6 is 0 Å². The van der Waals surface area contributed by atoms with Crippen LogP contribution in [0.25, 0.3) is 0 Å². The van der Waals surface area contributed by atoms with Crippen LogP contribution < -0.4 is 9.47 Å². The van der Waals surface area contributed by atoms with Crippen LogP contribution in [0.5, 0.6) is 11.5 Å². The Hall–Kier alpha value is -2.54. The van der Waals surface area contributed by atoms with Gasteiger partial charge in [-0.1, -0.05) is 12.1 Å². The minimum Gasteiger partial charge on any atom is -0.497 e. The summed E-state index contributed by atoms with van der Waals surface area (Å²) in [6, 6.07) is 14.0. The van der Waals surface area contributed by atoms with Crippen LogP contribution in [0.4, 0.5) is 0 Å². The van der Waals surface area contributed by atoms with Crippen molar-refractivity contribution >= 4 is 15.7 Å². The first-order valence-electron chi connectivity index (χ1n) is 9.25. The lowest BCUT2D eigenvalue weighted by Crippen LogP contribution is -2.44. The molecule has 1 aliphatic rings. The molecule has 0 aliphatic carbocycles. The second-order valence-electron chi connectivity index (χ2n) is 6.91. The van der Waals surface area contributed by atoms with Gasteiger partial charge in [-0.15, -0.1) is 0 Å². The first-order chi connectivity index (χ1) is 13.4. The number of nitrogens with zero attached hydrogens (tertiary/aromatic N) is 1. The number of methoxy groups -OCH3 is 1. The number of likely N-dealkylation sites (tertiary alicyclic amines) is 1. The quantitative estimate of drug-likeness (QED) is 0.742. The van der Waals surface area contributed by atoms with Crippen LogP contribution in [0.3, 0.4) is 0 Å². The third-order valence-corrected chi connectivity index (χ3v) is 7.25. The summed E-state index contributed by atoms with van der Waals surface area (Å²) >= 11 is 0. The molecule has 7 heteroatoms. The van der Waals surface area contributed by atoms with Gasteiger partial charge in [0, 0.05) is 13.1 Å². The highest BCUT2D eigenvalue weighted by Crippen LogP contribution is 2.26. The Morgan fingerprint density at radius 3 is 2.36 bits per heavy atom. The second-order valence-corrected chi connectivity index (χ2v) is 9.13. The average Bonchev–Trinajstić information content (AvgIpc) is 2.72. The SMILES string of the molecule is COc1ccc(S(=O)(=O)C2CCN(C(=O)COc3cccc(C)c3)CC2)cc1. The van der Waals surface area contributed by atoms with Gasteiger partial charge >= 0.3 is 0 Å². The maximum atomic E-state index is 12.8. The normalized spacial score (nSPS) is 15.3. The Bertz CT molecular complexity index is 916. The largest absolute Gasteiger partial charge is 0.497 e. The Labute approximate surface area is 166 Å². The summed E-state index contributed by atoms with van der Waals surface area (Å²) in [4.78, 5) is 14.4. The molecule has 3 rings (SSSR count).